The summed E-state index contributed by atoms with van der Waals surface area (Å²) in [7, 11) is 1.28. The topological polar surface area (TPSA) is 80.6 Å². The number of halogens is 1. The summed E-state index contributed by atoms with van der Waals surface area (Å²) in [5.41, 5.74) is 1.15. The molecule has 0 aliphatic rings. The molecule has 2 amide bonds. The van der Waals surface area contributed by atoms with Crippen molar-refractivity contribution in [2.75, 3.05) is 17.7 Å². The number of hydrogen-bond acceptors (Lipinski definition) is 4. The summed E-state index contributed by atoms with van der Waals surface area (Å²) in [5.74, 6) is -0.155. The highest BCUT2D eigenvalue weighted by atomic mass is 79.9. The molecule has 0 aliphatic heterocycles. The van der Waals surface area contributed by atoms with Gasteiger partial charge < -0.3 is 14.5 Å². The fourth-order valence-corrected chi connectivity index (χ4v) is 1.74. The van der Waals surface area contributed by atoms with E-state index < -0.39 is 6.09 Å². The van der Waals surface area contributed by atoms with Gasteiger partial charge in [0, 0.05) is 11.4 Å². The predicted molar refractivity (Wildman–Crippen MR) is 76.8 cm³/mol. The molecule has 0 saturated heterocycles. The number of benzene rings is 1. The largest absolute Gasteiger partial charge is 0.453 e. The molecule has 0 fully saturated rings. The summed E-state index contributed by atoms with van der Waals surface area (Å²) in [4.78, 5) is 22.8. The lowest BCUT2D eigenvalue weighted by atomic mass is 10.2. The maximum absolute atomic E-state index is 11.8. The molecular formula is C13H11BrN2O4. The van der Waals surface area contributed by atoms with E-state index in [2.05, 4.69) is 31.3 Å². The van der Waals surface area contributed by atoms with E-state index in [9.17, 15) is 9.59 Å². The lowest BCUT2D eigenvalue weighted by molar-refractivity contribution is 0.0995. The molecule has 0 spiro atoms. The van der Waals surface area contributed by atoms with E-state index in [4.69, 9.17) is 4.42 Å². The summed E-state index contributed by atoms with van der Waals surface area (Å²) in [6.45, 7) is 0. The van der Waals surface area contributed by atoms with E-state index in [1.165, 1.54) is 7.11 Å². The van der Waals surface area contributed by atoms with E-state index in [0.29, 0.717) is 16.0 Å². The first-order valence-corrected chi connectivity index (χ1v) is 6.39. The molecule has 7 heteroatoms. The number of ether oxygens (including phenoxy) is 1. The molecule has 0 radical (unpaired) electrons. The SMILES string of the molecule is COC(=O)Nc1ccc(NC(=O)c2ccc(Br)o2)cc1. The number of hydrogen-bond donors (Lipinski definition) is 2. The molecule has 0 atom stereocenters. The van der Waals surface area contributed by atoms with E-state index in [1.54, 1.807) is 36.4 Å². The minimum Gasteiger partial charge on any atom is -0.453 e. The van der Waals surface area contributed by atoms with Crippen LogP contribution in [0.15, 0.2) is 45.5 Å². The number of nitrogens with one attached hydrogen (secondary N) is 2. The second kappa shape index (κ2) is 6.25. The Kier molecular flexibility index (Phi) is 4.41. The second-order valence-electron chi connectivity index (χ2n) is 3.75. The van der Waals surface area contributed by atoms with Crippen molar-refractivity contribution in [1.29, 1.82) is 0 Å². The van der Waals surface area contributed by atoms with Gasteiger partial charge in [0.1, 0.15) is 0 Å². The van der Waals surface area contributed by atoms with Gasteiger partial charge in [0.25, 0.3) is 5.91 Å². The highest BCUT2D eigenvalue weighted by Gasteiger charge is 2.10. The summed E-state index contributed by atoms with van der Waals surface area (Å²) in [6.07, 6.45) is -0.553. The minimum atomic E-state index is -0.553. The summed E-state index contributed by atoms with van der Waals surface area (Å²) >= 11 is 3.13. The molecule has 0 saturated carbocycles. The van der Waals surface area contributed by atoms with Gasteiger partial charge in [0.15, 0.2) is 10.4 Å². The van der Waals surface area contributed by atoms with Gasteiger partial charge in [-0.2, -0.15) is 0 Å². The number of carbonyl (C=O) groups excluding carboxylic acids is 2. The molecule has 1 heterocycles. The van der Waals surface area contributed by atoms with Crippen LogP contribution in [0.25, 0.3) is 0 Å². The van der Waals surface area contributed by atoms with E-state index in [-0.39, 0.29) is 11.7 Å². The number of furan rings is 1. The van der Waals surface area contributed by atoms with Crippen LogP contribution in [-0.2, 0) is 4.74 Å². The van der Waals surface area contributed by atoms with Gasteiger partial charge in [-0.25, -0.2) is 4.79 Å². The van der Waals surface area contributed by atoms with Gasteiger partial charge in [-0.3, -0.25) is 10.1 Å². The van der Waals surface area contributed by atoms with Crippen molar-refractivity contribution in [3.63, 3.8) is 0 Å². The van der Waals surface area contributed by atoms with Crippen LogP contribution in [0.4, 0.5) is 16.2 Å². The smallest absolute Gasteiger partial charge is 0.411 e. The Bertz CT molecular complexity index is 622. The maximum Gasteiger partial charge on any atom is 0.411 e. The first-order valence-electron chi connectivity index (χ1n) is 5.60. The van der Waals surface area contributed by atoms with Crippen LogP contribution < -0.4 is 10.6 Å². The molecule has 0 unspecified atom stereocenters. The van der Waals surface area contributed by atoms with E-state index in [1.807, 2.05) is 0 Å². The molecule has 104 valence electrons. The van der Waals surface area contributed by atoms with Crippen LogP contribution in [-0.4, -0.2) is 19.1 Å². The van der Waals surface area contributed by atoms with Crippen molar-refractivity contribution in [1.82, 2.24) is 0 Å². The van der Waals surface area contributed by atoms with Crippen molar-refractivity contribution in [3.8, 4) is 0 Å². The van der Waals surface area contributed by atoms with Crippen molar-refractivity contribution in [2.45, 2.75) is 0 Å². The zero-order valence-electron chi connectivity index (χ0n) is 10.5. The van der Waals surface area contributed by atoms with Gasteiger partial charge in [0.05, 0.1) is 7.11 Å². The quantitative estimate of drug-likeness (QED) is 0.897. The average Bonchev–Trinajstić information content (AvgIpc) is 2.87. The zero-order chi connectivity index (χ0) is 14.5. The van der Waals surface area contributed by atoms with Crippen LogP contribution in [0.2, 0.25) is 0 Å². The molecule has 1 aromatic heterocycles. The molecule has 1 aromatic carbocycles. The Hall–Kier alpha value is -2.28. The van der Waals surface area contributed by atoms with Crippen LogP contribution in [0.5, 0.6) is 0 Å². The van der Waals surface area contributed by atoms with Gasteiger partial charge >= 0.3 is 6.09 Å². The van der Waals surface area contributed by atoms with Gasteiger partial charge in [-0.1, -0.05) is 0 Å². The third kappa shape index (κ3) is 3.61. The van der Waals surface area contributed by atoms with Crippen molar-refractivity contribution in [2.24, 2.45) is 0 Å². The van der Waals surface area contributed by atoms with Crippen LogP contribution in [0, 0.1) is 0 Å². The van der Waals surface area contributed by atoms with E-state index in [0.717, 1.165) is 0 Å². The second-order valence-corrected chi connectivity index (χ2v) is 4.53. The molecule has 6 nitrogen and oxygen atoms in total. The van der Waals surface area contributed by atoms with Crippen molar-refractivity contribution in [3.05, 3.63) is 46.8 Å². The van der Waals surface area contributed by atoms with Gasteiger partial charge in [-0.15, -0.1) is 0 Å². The highest BCUT2D eigenvalue weighted by molar-refractivity contribution is 9.10. The third-order valence-electron chi connectivity index (χ3n) is 2.37. The van der Waals surface area contributed by atoms with Gasteiger partial charge in [-0.05, 0) is 52.3 Å². The standard InChI is InChI=1S/C13H11BrN2O4/c1-19-13(18)16-9-4-2-8(3-5-9)15-12(17)10-6-7-11(14)20-10/h2-7H,1H3,(H,15,17)(H,16,18). The Labute approximate surface area is 123 Å². The highest BCUT2D eigenvalue weighted by Crippen LogP contribution is 2.17. The normalized spacial score (nSPS) is 9.90. The first kappa shape index (κ1) is 14.1. The third-order valence-corrected chi connectivity index (χ3v) is 2.80. The molecule has 0 bridgehead atoms. The Morgan fingerprint density at radius 2 is 1.65 bits per heavy atom. The summed E-state index contributed by atoms with van der Waals surface area (Å²) in [6, 6.07) is 9.79. The first-order chi connectivity index (χ1) is 9.58. The van der Waals surface area contributed by atoms with Crippen LogP contribution in [0.3, 0.4) is 0 Å². The fourth-order valence-electron chi connectivity index (χ4n) is 1.43. The summed E-state index contributed by atoms with van der Waals surface area (Å²) < 4.78 is 10.1. The summed E-state index contributed by atoms with van der Waals surface area (Å²) in [5, 5.41) is 5.18. The van der Waals surface area contributed by atoms with Crippen LogP contribution in [0.1, 0.15) is 10.6 Å². The molecule has 2 aromatic rings. The average molecular weight is 339 g/mol. The number of amides is 2. The predicted octanol–water partition coefficient (Wildman–Crippen LogP) is 3.47. The fraction of sp³-hybridized carbons (Fsp3) is 0.0769. The van der Waals surface area contributed by atoms with Crippen molar-refractivity contribution >= 4 is 39.3 Å². The Morgan fingerprint density at radius 3 is 2.15 bits per heavy atom. The van der Waals surface area contributed by atoms with Crippen molar-refractivity contribution < 1.29 is 18.7 Å². The number of anilines is 2. The van der Waals surface area contributed by atoms with Crippen LogP contribution >= 0.6 is 15.9 Å². The van der Waals surface area contributed by atoms with E-state index >= 15 is 0 Å². The zero-order valence-corrected chi connectivity index (χ0v) is 12.1. The molecule has 20 heavy (non-hydrogen) atoms. The molecule has 2 N–H and O–H groups in total. The maximum atomic E-state index is 11.8. The number of carbonyl (C=O) groups is 2. The minimum absolute atomic E-state index is 0.202. The number of rotatable bonds is 3. The Morgan fingerprint density at radius 1 is 1.05 bits per heavy atom. The molecule has 0 aliphatic carbocycles. The lowest BCUT2D eigenvalue weighted by Crippen LogP contribution is -2.12. The lowest BCUT2D eigenvalue weighted by Gasteiger charge is -2.06. The number of methoxy groups -OCH3 is 1. The molecular weight excluding hydrogens is 328 g/mol. The van der Waals surface area contributed by atoms with Gasteiger partial charge in [0.2, 0.25) is 0 Å². The monoisotopic (exact) mass is 338 g/mol. The molecule has 2 rings (SSSR count). The Balaban J connectivity index is 2.00.